The molecule has 1 fully saturated rings. The molecule has 0 aliphatic carbocycles. The number of aliphatic hydroxyl groups is 1. The van der Waals surface area contributed by atoms with E-state index in [1.165, 1.54) is 5.69 Å². The molecule has 3 unspecified atom stereocenters. The average Bonchev–Trinajstić information content (AvgIpc) is 2.59. The van der Waals surface area contributed by atoms with Gasteiger partial charge in [-0.05, 0) is 24.8 Å². The Bertz CT molecular complexity index is 352. The van der Waals surface area contributed by atoms with Gasteiger partial charge in [-0.3, -0.25) is 0 Å². The van der Waals surface area contributed by atoms with Gasteiger partial charge in [-0.1, -0.05) is 32.0 Å². The normalized spacial score (nSPS) is 27.1. The number of aliphatic hydroxyl groups excluding tert-OH is 1. The Labute approximate surface area is 97.9 Å². The predicted molar refractivity (Wildman–Crippen MR) is 67.6 cm³/mol. The van der Waals surface area contributed by atoms with E-state index in [1.54, 1.807) is 0 Å². The van der Waals surface area contributed by atoms with Crippen molar-refractivity contribution in [2.75, 3.05) is 18.0 Å². The van der Waals surface area contributed by atoms with E-state index in [-0.39, 0.29) is 6.10 Å². The lowest BCUT2D eigenvalue weighted by atomic mass is 10.0. The third-order valence-electron chi connectivity index (χ3n) is 3.72. The molecule has 2 heteroatoms. The number of hydrogen-bond donors (Lipinski definition) is 1. The molecule has 1 aromatic rings. The first-order chi connectivity index (χ1) is 7.59. The van der Waals surface area contributed by atoms with Crippen LogP contribution in [-0.2, 0) is 0 Å². The predicted octanol–water partition coefficient (Wildman–Crippen LogP) is 2.83. The van der Waals surface area contributed by atoms with Crippen LogP contribution in [0.1, 0.15) is 32.4 Å². The second-order valence-corrected chi connectivity index (χ2v) is 5.09. The van der Waals surface area contributed by atoms with Crippen molar-refractivity contribution < 1.29 is 5.11 Å². The third-order valence-corrected chi connectivity index (χ3v) is 3.72. The monoisotopic (exact) mass is 219 g/mol. The molecule has 3 atom stereocenters. The van der Waals surface area contributed by atoms with Gasteiger partial charge in [0.1, 0.15) is 0 Å². The molecule has 1 aliphatic rings. The molecule has 0 aromatic heterocycles. The van der Waals surface area contributed by atoms with Gasteiger partial charge < -0.3 is 10.0 Å². The molecule has 0 saturated carbocycles. The summed E-state index contributed by atoms with van der Waals surface area (Å²) in [5.41, 5.74) is 2.25. The lowest BCUT2D eigenvalue weighted by molar-refractivity contribution is 0.199. The fourth-order valence-electron chi connectivity index (χ4n) is 2.46. The summed E-state index contributed by atoms with van der Waals surface area (Å²) in [6.07, 6.45) is -0.387. The topological polar surface area (TPSA) is 23.5 Å². The van der Waals surface area contributed by atoms with Crippen molar-refractivity contribution in [2.45, 2.75) is 26.9 Å². The number of hydrogen-bond acceptors (Lipinski definition) is 2. The van der Waals surface area contributed by atoms with Crippen LogP contribution in [-0.4, -0.2) is 18.2 Å². The van der Waals surface area contributed by atoms with Crippen molar-refractivity contribution in [2.24, 2.45) is 11.8 Å². The van der Waals surface area contributed by atoms with Crippen LogP contribution < -0.4 is 4.90 Å². The molecule has 1 aliphatic heterocycles. The number of nitrogens with zero attached hydrogens (tertiary/aromatic N) is 1. The molecule has 0 spiro atoms. The van der Waals surface area contributed by atoms with Crippen molar-refractivity contribution in [3.8, 4) is 0 Å². The van der Waals surface area contributed by atoms with E-state index in [0.29, 0.717) is 0 Å². The highest BCUT2D eigenvalue weighted by Crippen LogP contribution is 2.32. The Hall–Kier alpha value is -1.02. The van der Waals surface area contributed by atoms with Gasteiger partial charge in [0, 0.05) is 24.3 Å². The quantitative estimate of drug-likeness (QED) is 0.826. The van der Waals surface area contributed by atoms with Crippen molar-refractivity contribution >= 4 is 5.69 Å². The lowest BCUT2D eigenvalue weighted by Crippen LogP contribution is -2.21. The van der Waals surface area contributed by atoms with E-state index in [0.717, 1.165) is 30.5 Å². The summed E-state index contributed by atoms with van der Waals surface area (Å²) in [4.78, 5) is 2.40. The zero-order valence-corrected chi connectivity index (χ0v) is 10.4. The lowest BCUT2D eigenvalue weighted by Gasteiger charge is -2.23. The Morgan fingerprint density at radius 1 is 1.19 bits per heavy atom. The first-order valence-corrected chi connectivity index (χ1v) is 6.11. The highest BCUT2D eigenvalue weighted by atomic mass is 16.3. The molecule has 2 nitrogen and oxygen atoms in total. The maximum absolute atomic E-state index is 9.77. The van der Waals surface area contributed by atoms with Crippen LogP contribution in [0.5, 0.6) is 0 Å². The van der Waals surface area contributed by atoms with Gasteiger partial charge in [0.05, 0.1) is 6.10 Å². The largest absolute Gasteiger partial charge is 0.389 e. The Kier molecular flexibility index (Phi) is 3.20. The fourth-order valence-corrected chi connectivity index (χ4v) is 2.46. The minimum absolute atomic E-state index is 0.387. The van der Waals surface area contributed by atoms with E-state index in [9.17, 15) is 5.11 Å². The first-order valence-electron chi connectivity index (χ1n) is 6.11. The van der Waals surface area contributed by atoms with E-state index >= 15 is 0 Å². The summed E-state index contributed by atoms with van der Waals surface area (Å²) in [7, 11) is 0. The molecule has 16 heavy (non-hydrogen) atoms. The molecule has 0 bridgehead atoms. The highest BCUT2D eigenvalue weighted by molar-refractivity contribution is 5.55. The van der Waals surface area contributed by atoms with Crippen LogP contribution in [0.2, 0.25) is 0 Å². The summed E-state index contributed by atoms with van der Waals surface area (Å²) >= 11 is 0. The van der Waals surface area contributed by atoms with Crippen molar-refractivity contribution in [3.05, 3.63) is 29.8 Å². The first kappa shape index (κ1) is 11.5. The van der Waals surface area contributed by atoms with Crippen molar-refractivity contribution in [3.63, 3.8) is 0 Å². The summed E-state index contributed by atoms with van der Waals surface area (Å²) < 4.78 is 0. The maximum atomic E-state index is 9.77. The van der Waals surface area contributed by atoms with Gasteiger partial charge in [0.15, 0.2) is 0 Å². The molecule has 0 radical (unpaired) electrons. The van der Waals surface area contributed by atoms with E-state index in [4.69, 9.17) is 0 Å². The molecule has 1 heterocycles. The smallest absolute Gasteiger partial charge is 0.0781 e. The van der Waals surface area contributed by atoms with Crippen LogP contribution in [0.15, 0.2) is 24.3 Å². The molecule has 0 amide bonds. The average molecular weight is 219 g/mol. The molecular formula is C14H21NO. The summed E-state index contributed by atoms with van der Waals surface area (Å²) in [5, 5.41) is 9.77. The summed E-state index contributed by atoms with van der Waals surface area (Å²) in [5.74, 6) is 1.48. The number of anilines is 1. The molecule has 88 valence electrons. The Morgan fingerprint density at radius 2 is 1.75 bits per heavy atom. The second-order valence-electron chi connectivity index (χ2n) is 5.09. The minimum atomic E-state index is -0.387. The standard InChI is InChI=1S/C14H21NO/c1-10-8-15(9-11(10)2)14-7-5-4-6-13(14)12(3)16/h4-7,10-12,16H,8-9H2,1-3H3. The van der Waals surface area contributed by atoms with Gasteiger partial charge in [-0.2, -0.15) is 0 Å². The zero-order chi connectivity index (χ0) is 11.7. The highest BCUT2D eigenvalue weighted by Gasteiger charge is 2.27. The van der Waals surface area contributed by atoms with Crippen LogP contribution in [0, 0.1) is 11.8 Å². The van der Waals surface area contributed by atoms with E-state index < -0.39 is 0 Å². The SMILES string of the molecule is CC(O)c1ccccc1N1CC(C)C(C)C1. The Balaban J connectivity index is 2.27. The van der Waals surface area contributed by atoms with Gasteiger partial charge >= 0.3 is 0 Å². The summed E-state index contributed by atoms with van der Waals surface area (Å²) in [6.45, 7) is 8.64. The zero-order valence-electron chi connectivity index (χ0n) is 10.4. The molecule has 1 N–H and O–H groups in total. The fraction of sp³-hybridized carbons (Fsp3) is 0.571. The summed E-state index contributed by atoms with van der Waals surface area (Å²) in [6, 6.07) is 8.18. The van der Waals surface area contributed by atoms with Crippen LogP contribution in [0.4, 0.5) is 5.69 Å². The molecular weight excluding hydrogens is 198 g/mol. The molecule has 1 saturated heterocycles. The van der Waals surface area contributed by atoms with Crippen molar-refractivity contribution in [1.29, 1.82) is 0 Å². The van der Waals surface area contributed by atoms with Gasteiger partial charge in [0.2, 0.25) is 0 Å². The Morgan fingerprint density at radius 3 is 2.31 bits per heavy atom. The van der Waals surface area contributed by atoms with Crippen molar-refractivity contribution in [1.82, 2.24) is 0 Å². The van der Waals surface area contributed by atoms with Gasteiger partial charge in [-0.15, -0.1) is 0 Å². The number of para-hydroxylation sites is 1. The second kappa shape index (κ2) is 4.46. The third kappa shape index (κ3) is 2.07. The van der Waals surface area contributed by atoms with Gasteiger partial charge in [0.25, 0.3) is 0 Å². The minimum Gasteiger partial charge on any atom is -0.389 e. The maximum Gasteiger partial charge on any atom is 0.0781 e. The van der Waals surface area contributed by atoms with E-state index in [1.807, 2.05) is 19.1 Å². The number of rotatable bonds is 2. The van der Waals surface area contributed by atoms with Crippen LogP contribution >= 0.6 is 0 Å². The molecule has 1 aromatic carbocycles. The van der Waals surface area contributed by atoms with Crippen LogP contribution in [0.25, 0.3) is 0 Å². The number of benzene rings is 1. The van der Waals surface area contributed by atoms with E-state index in [2.05, 4.69) is 30.9 Å². The van der Waals surface area contributed by atoms with Crippen LogP contribution in [0.3, 0.4) is 0 Å². The molecule has 2 rings (SSSR count). The van der Waals surface area contributed by atoms with Gasteiger partial charge in [-0.25, -0.2) is 0 Å².